The molecule has 2 aromatic carbocycles. The Labute approximate surface area is 212 Å². The molecule has 1 unspecified atom stereocenters. The van der Waals surface area contributed by atoms with Crippen molar-refractivity contribution >= 4 is 46.1 Å². The number of amides is 5. The van der Waals surface area contributed by atoms with Crippen molar-refractivity contribution in [2.45, 2.75) is 52.2 Å². The van der Waals surface area contributed by atoms with E-state index < -0.39 is 11.9 Å². The summed E-state index contributed by atoms with van der Waals surface area (Å²) in [5, 5.41) is 8.93. The molecule has 1 fully saturated rings. The molecule has 190 valence electrons. The Morgan fingerprint density at radius 3 is 2.65 bits per heavy atom. The van der Waals surface area contributed by atoms with Gasteiger partial charge in [-0.2, -0.15) is 0 Å². The molecule has 0 bridgehead atoms. The summed E-state index contributed by atoms with van der Waals surface area (Å²) in [7, 11) is 0. The average Bonchev–Trinajstić information content (AvgIpc) is 3.39. The molecule has 2 aliphatic heterocycles. The maximum Gasteiger partial charge on any atom is 0.272 e. The van der Waals surface area contributed by atoms with Crippen molar-refractivity contribution in [2.24, 2.45) is 0 Å². The van der Waals surface area contributed by atoms with E-state index in [2.05, 4.69) is 20.9 Å². The van der Waals surface area contributed by atoms with Crippen LogP contribution in [0.3, 0.4) is 0 Å². The lowest BCUT2D eigenvalue weighted by Gasteiger charge is -2.29. The van der Waals surface area contributed by atoms with Crippen LogP contribution in [0.2, 0.25) is 0 Å². The van der Waals surface area contributed by atoms with Crippen LogP contribution in [0.25, 0.3) is 10.9 Å². The fraction of sp³-hybridized carbons (Fsp3) is 0.296. The minimum atomic E-state index is -0.690. The van der Waals surface area contributed by atoms with E-state index in [1.807, 2.05) is 25.1 Å². The fourth-order valence-electron chi connectivity index (χ4n) is 5.05. The minimum Gasteiger partial charge on any atom is -0.352 e. The molecule has 3 heterocycles. The van der Waals surface area contributed by atoms with Gasteiger partial charge in [-0.05, 0) is 53.8 Å². The number of carbonyl (C=O) groups is 5. The maximum absolute atomic E-state index is 13.3. The number of hydrogen-bond acceptors (Lipinski definition) is 5. The first-order valence-electron chi connectivity index (χ1n) is 12.2. The first kappa shape index (κ1) is 24.2. The Morgan fingerprint density at radius 2 is 1.92 bits per heavy atom. The number of carbonyl (C=O) groups excluding carboxylic acids is 5. The number of H-pyrrole nitrogens is 1. The molecule has 3 aromatic rings. The number of imide groups is 1. The molecule has 10 heteroatoms. The number of aromatic nitrogens is 1. The van der Waals surface area contributed by atoms with Gasteiger partial charge in [0, 0.05) is 48.6 Å². The number of hydrogen-bond donors (Lipinski definition) is 4. The molecule has 37 heavy (non-hydrogen) atoms. The van der Waals surface area contributed by atoms with Crippen LogP contribution in [0.15, 0.2) is 36.4 Å². The van der Waals surface area contributed by atoms with Gasteiger partial charge in [0.1, 0.15) is 11.7 Å². The van der Waals surface area contributed by atoms with Gasteiger partial charge in [-0.25, -0.2) is 0 Å². The minimum absolute atomic E-state index is 0.114. The highest BCUT2D eigenvalue weighted by Gasteiger charge is 2.39. The third-order valence-corrected chi connectivity index (χ3v) is 6.87. The van der Waals surface area contributed by atoms with E-state index in [1.165, 1.54) is 11.8 Å². The Kier molecular flexibility index (Phi) is 6.24. The monoisotopic (exact) mass is 501 g/mol. The number of aryl methyl sites for hydroxylation is 1. The van der Waals surface area contributed by atoms with E-state index in [0.29, 0.717) is 41.9 Å². The van der Waals surface area contributed by atoms with Crippen molar-refractivity contribution in [1.29, 1.82) is 0 Å². The molecular weight excluding hydrogens is 474 g/mol. The molecule has 1 saturated heterocycles. The van der Waals surface area contributed by atoms with Crippen LogP contribution in [-0.4, -0.2) is 45.5 Å². The zero-order valence-electron chi connectivity index (χ0n) is 20.6. The lowest BCUT2D eigenvalue weighted by molar-refractivity contribution is -0.137. The summed E-state index contributed by atoms with van der Waals surface area (Å²) < 4.78 is 0. The lowest BCUT2D eigenvalue weighted by Crippen LogP contribution is -2.52. The summed E-state index contributed by atoms with van der Waals surface area (Å²) in [6.07, 6.45) is 1.13. The molecular formula is C27H27N5O5. The number of fused-ring (bicyclic) bond motifs is 2. The first-order valence-corrected chi connectivity index (χ1v) is 12.2. The van der Waals surface area contributed by atoms with Crippen molar-refractivity contribution in [1.82, 2.24) is 20.5 Å². The van der Waals surface area contributed by atoms with Gasteiger partial charge >= 0.3 is 0 Å². The van der Waals surface area contributed by atoms with E-state index in [-0.39, 0.29) is 36.6 Å². The molecule has 1 aromatic heterocycles. The van der Waals surface area contributed by atoms with E-state index in [0.717, 1.165) is 22.0 Å². The van der Waals surface area contributed by atoms with Gasteiger partial charge in [0.05, 0.1) is 0 Å². The number of anilines is 1. The zero-order valence-corrected chi connectivity index (χ0v) is 20.6. The zero-order chi connectivity index (χ0) is 26.3. The summed E-state index contributed by atoms with van der Waals surface area (Å²) in [5.74, 6) is -1.47. The van der Waals surface area contributed by atoms with Crippen molar-refractivity contribution in [3.8, 4) is 0 Å². The highest BCUT2D eigenvalue weighted by molar-refractivity contribution is 6.09. The molecule has 2 aliphatic rings. The van der Waals surface area contributed by atoms with Crippen molar-refractivity contribution in [3.63, 3.8) is 0 Å². The predicted octanol–water partition coefficient (Wildman–Crippen LogP) is 2.38. The number of nitrogens with one attached hydrogen (secondary N) is 4. The van der Waals surface area contributed by atoms with Gasteiger partial charge in [0.15, 0.2) is 0 Å². The molecule has 5 amide bonds. The smallest absolute Gasteiger partial charge is 0.272 e. The molecule has 0 aliphatic carbocycles. The Bertz CT molecular complexity index is 1470. The molecule has 5 rings (SSSR count). The molecule has 0 spiro atoms. The van der Waals surface area contributed by atoms with Gasteiger partial charge in [0.2, 0.25) is 17.7 Å². The summed E-state index contributed by atoms with van der Waals surface area (Å²) in [5.41, 5.74) is 4.80. The standard InChI is InChI=1S/C27H27N5O5/c1-3-18-20-6-4-15(12-28-14(2)33)10-21(20)30-24(18)26(36)29-17-5-7-19-16(11-17)13-32(27(19)37)22-8-9-23(34)31-25(22)35/h4-7,10-11,22,30H,3,8-9,12-13H2,1-2H3,(H,28,33)(H,29,36)(H,31,34,35). The highest BCUT2D eigenvalue weighted by atomic mass is 16.2. The van der Waals surface area contributed by atoms with Crippen LogP contribution >= 0.6 is 0 Å². The highest BCUT2D eigenvalue weighted by Crippen LogP contribution is 2.30. The van der Waals surface area contributed by atoms with Gasteiger partial charge in [-0.15, -0.1) is 0 Å². The number of benzene rings is 2. The van der Waals surface area contributed by atoms with E-state index in [4.69, 9.17) is 0 Å². The van der Waals surface area contributed by atoms with Crippen molar-refractivity contribution in [3.05, 3.63) is 64.3 Å². The predicted molar refractivity (Wildman–Crippen MR) is 136 cm³/mol. The summed E-state index contributed by atoms with van der Waals surface area (Å²) >= 11 is 0. The topological polar surface area (TPSA) is 140 Å². The lowest BCUT2D eigenvalue weighted by atomic mass is 10.0. The molecule has 4 N–H and O–H groups in total. The van der Waals surface area contributed by atoms with Crippen LogP contribution in [0.4, 0.5) is 5.69 Å². The second-order valence-corrected chi connectivity index (χ2v) is 9.35. The number of nitrogens with zero attached hydrogens (tertiary/aromatic N) is 1. The Balaban J connectivity index is 1.35. The summed E-state index contributed by atoms with van der Waals surface area (Å²) in [6.45, 7) is 4.08. The largest absolute Gasteiger partial charge is 0.352 e. The summed E-state index contributed by atoms with van der Waals surface area (Å²) in [6, 6.07) is 10.2. The van der Waals surface area contributed by atoms with E-state index >= 15 is 0 Å². The van der Waals surface area contributed by atoms with Gasteiger partial charge in [-0.1, -0.05) is 19.1 Å². The summed E-state index contributed by atoms with van der Waals surface area (Å²) in [4.78, 5) is 65.9. The van der Waals surface area contributed by atoms with Crippen molar-refractivity contribution in [2.75, 3.05) is 5.32 Å². The second-order valence-electron chi connectivity index (χ2n) is 9.35. The SMILES string of the molecule is CCc1c(C(=O)Nc2ccc3c(c2)CN(C2CCC(=O)NC2=O)C3=O)[nH]c2cc(CNC(C)=O)ccc12. The van der Waals surface area contributed by atoms with Crippen LogP contribution in [0.1, 0.15) is 64.2 Å². The second kappa shape index (κ2) is 9.53. The fourth-order valence-corrected chi connectivity index (χ4v) is 5.05. The van der Waals surface area contributed by atoms with Crippen molar-refractivity contribution < 1.29 is 24.0 Å². The Hall–Kier alpha value is -4.47. The van der Waals surface area contributed by atoms with E-state index in [1.54, 1.807) is 18.2 Å². The Morgan fingerprint density at radius 1 is 1.11 bits per heavy atom. The number of rotatable bonds is 6. The molecule has 0 radical (unpaired) electrons. The van der Waals surface area contributed by atoms with Crippen LogP contribution in [-0.2, 0) is 33.9 Å². The number of aromatic amines is 1. The molecule has 1 atom stereocenters. The first-order chi connectivity index (χ1) is 17.7. The quantitative estimate of drug-likeness (QED) is 0.384. The molecule has 0 saturated carbocycles. The van der Waals surface area contributed by atoms with Gasteiger partial charge in [-0.3, -0.25) is 29.3 Å². The van der Waals surface area contributed by atoms with Gasteiger partial charge < -0.3 is 20.5 Å². The van der Waals surface area contributed by atoms with Gasteiger partial charge in [0.25, 0.3) is 11.8 Å². The normalized spacial score (nSPS) is 17.1. The number of piperidine rings is 1. The van der Waals surface area contributed by atoms with Crippen LogP contribution in [0.5, 0.6) is 0 Å². The maximum atomic E-state index is 13.3. The average molecular weight is 502 g/mol. The van der Waals surface area contributed by atoms with Crippen LogP contribution < -0.4 is 16.0 Å². The van der Waals surface area contributed by atoms with E-state index in [9.17, 15) is 24.0 Å². The van der Waals surface area contributed by atoms with Crippen LogP contribution in [0, 0.1) is 0 Å². The molecule has 10 nitrogen and oxygen atoms in total. The third kappa shape index (κ3) is 4.57. The third-order valence-electron chi connectivity index (χ3n) is 6.87.